The molecular weight excluding hydrogens is 558 g/mol. The number of hydrogen-bond donors (Lipinski definition) is 3. The van der Waals surface area contributed by atoms with E-state index >= 15 is 0 Å². The van der Waals surface area contributed by atoms with Gasteiger partial charge in [0.25, 0.3) is 5.91 Å². The van der Waals surface area contributed by atoms with Crippen LogP contribution in [0.1, 0.15) is 21.8 Å². The summed E-state index contributed by atoms with van der Waals surface area (Å²) in [5, 5.41) is 5.30. The van der Waals surface area contributed by atoms with E-state index in [0.717, 1.165) is 6.07 Å². The summed E-state index contributed by atoms with van der Waals surface area (Å²) in [6, 6.07) is 12.0. The molecule has 0 radical (unpaired) electrons. The van der Waals surface area contributed by atoms with Crippen molar-refractivity contribution in [2.45, 2.75) is 10.3 Å². The van der Waals surface area contributed by atoms with Crippen LogP contribution in [0.3, 0.4) is 0 Å². The number of amides is 2. The van der Waals surface area contributed by atoms with Crippen LogP contribution in [0.4, 0.5) is 25.8 Å². The first-order valence-corrected chi connectivity index (χ1v) is 11.9. The predicted octanol–water partition coefficient (Wildman–Crippen LogP) is 7.02. The van der Waals surface area contributed by atoms with E-state index in [0.29, 0.717) is 5.56 Å². The number of hydrogen-bond acceptors (Lipinski definition) is 4. The summed E-state index contributed by atoms with van der Waals surface area (Å²) in [6.07, 6.45) is 0. The van der Waals surface area contributed by atoms with Crippen LogP contribution in [0.5, 0.6) is 0 Å². The van der Waals surface area contributed by atoms with Crippen LogP contribution in [0.15, 0.2) is 54.6 Å². The Kier molecular flexibility index (Phi) is 7.64. The molecule has 4 rings (SSSR count). The van der Waals surface area contributed by atoms with Crippen molar-refractivity contribution < 1.29 is 23.2 Å². The van der Waals surface area contributed by atoms with Crippen LogP contribution in [-0.4, -0.2) is 23.3 Å². The number of halogens is 6. The highest BCUT2D eigenvalue weighted by atomic mass is 35.5. The van der Waals surface area contributed by atoms with Crippen molar-refractivity contribution in [2.24, 2.45) is 5.92 Å². The molecule has 0 heterocycles. The van der Waals surface area contributed by atoms with Gasteiger partial charge in [0.05, 0.1) is 40.0 Å². The molecule has 3 aromatic carbocycles. The molecule has 1 unspecified atom stereocenters. The molecule has 0 saturated heterocycles. The van der Waals surface area contributed by atoms with Crippen LogP contribution in [0.25, 0.3) is 0 Å². The van der Waals surface area contributed by atoms with Crippen molar-refractivity contribution in [3.05, 3.63) is 87.4 Å². The Bertz CT molecular complexity index is 1360. The number of rotatable bonds is 7. The second-order valence-corrected chi connectivity index (χ2v) is 10.2. The van der Waals surface area contributed by atoms with Crippen molar-refractivity contribution in [1.29, 1.82) is 0 Å². The summed E-state index contributed by atoms with van der Waals surface area (Å²) in [5.74, 6) is -3.72. The zero-order valence-electron chi connectivity index (χ0n) is 18.3. The van der Waals surface area contributed by atoms with Gasteiger partial charge >= 0.3 is 0 Å². The van der Waals surface area contributed by atoms with E-state index in [9.17, 15) is 18.4 Å². The van der Waals surface area contributed by atoms with Crippen LogP contribution in [0, 0.1) is 17.6 Å². The van der Waals surface area contributed by atoms with E-state index in [1.807, 2.05) is 0 Å². The second kappa shape index (κ2) is 10.4. The number of anilines is 3. The summed E-state index contributed by atoms with van der Waals surface area (Å²) < 4.78 is 25.7. The Morgan fingerprint density at radius 1 is 0.917 bits per heavy atom. The Hall–Kier alpha value is -2.62. The topological polar surface area (TPSA) is 79.5 Å². The maximum Gasteiger partial charge on any atom is 0.257 e. The maximum atomic E-state index is 13.6. The molecule has 0 spiro atoms. The number of alkyl halides is 2. The van der Waals surface area contributed by atoms with Crippen LogP contribution < -0.4 is 16.1 Å². The lowest BCUT2D eigenvalue weighted by Gasteiger charge is -2.13. The minimum Gasteiger partial charge on any atom is -0.326 e. The molecule has 0 bridgehead atoms. The predicted molar refractivity (Wildman–Crippen MR) is 137 cm³/mol. The molecule has 188 valence electrons. The van der Waals surface area contributed by atoms with Gasteiger partial charge in [0.2, 0.25) is 5.91 Å². The first-order chi connectivity index (χ1) is 17.0. The van der Waals surface area contributed by atoms with Gasteiger partial charge in [-0.15, -0.1) is 23.2 Å². The van der Waals surface area contributed by atoms with E-state index in [2.05, 4.69) is 16.1 Å². The van der Waals surface area contributed by atoms with Gasteiger partial charge < -0.3 is 10.6 Å². The van der Waals surface area contributed by atoms with Crippen LogP contribution >= 0.6 is 46.4 Å². The minimum absolute atomic E-state index is 0.0443. The van der Waals surface area contributed by atoms with E-state index in [4.69, 9.17) is 51.2 Å². The molecule has 2 amide bonds. The van der Waals surface area contributed by atoms with Crippen molar-refractivity contribution in [1.82, 2.24) is 0 Å². The Labute approximate surface area is 224 Å². The number of nitrogens with one attached hydrogen (secondary N) is 3. The average Bonchev–Trinajstić information content (AvgIpc) is 3.40. The molecule has 1 fully saturated rings. The van der Waals surface area contributed by atoms with Gasteiger partial charge in [0, 0.05) is 17.7 Å². The van der Waals surface area contributed by atoms with E-state index in [1.54, 1.807) is 0 Å². The summed E-state index contributed by atoms with van der Waals surface area (Å²) in [4.78, 5) is 30.7. The highest BCUT2D eigenvalue weighted by molar-refractivity contribution is 6.53. The summed E-state index contributed by atoms with van der Waals surface area (Å²) in [7, 11) is 1.34. The Morgan fingerprint density at radius 3 is 2.36 bits per heavy atom. The average molecular weight is 575 g/mol. The summed E-state index contributed by atoms with van der Waals surface area (Å²) in [6.45, 7) is 0. The standard InChI is InChI=1S/C24H17Cl4F2N3O3/c1-36-33-19-9-12(29)3-7-18(19)32-22(34)14-10-13(4-5-15(14)25)31-23(35)21-20(24(21,27)28)11-2-6-17(30)16(26)8-11/h2-10,20-21,33H,1H3,(H,31,35)(H,32,34)/t20-,21?/m0/s1. The van der Waals surface area contributed by atoms with Crippen molar-refractivity contribution >= 4 is 75.3 Å². The first-order valence-electron chi connectivity index (χ1n) is 10.4. The molecule has 0 aliphatic heterocycles. The maximum absolute atomic E-state index is 13.6. The van der Waals surface area contributed by atoms with Gasteiger partial charge in [-0.25, -0.2) is 8.78 Å². The van der Waals surface area contributed by atoms with Crippen molar-refractivity contribution in [3.8, 4) is 0 Å². The Balaban J connectivity index is 1.51. The van der Waals surface area contributed by atoms with Gasteiger partial charge in [-0.3, -0.25) is 19.9 Å². The zero-order valence-corrected chi connectivity index (χ0v) is 21.4. The lowest BCUT2D eigenvalue weighted by molar-refractivity contribution is -0.117. The molecule has 1 saturated carbocycles. The normalized spacial score (nSPS) is 17.9. The highest BCUT2D eigenvalue weighted by Gasteiger charge is 2.67. The fourth-order valence-electron chi connectivity index (χ4n) is 3.78. The van der Waals surface area contributed by atoms with E-state index in [1.165, 1.54) is 55.6 Å². The molecule has 2 atom stereocenters. The molecule has 1 aliphatic carbocycles. The molecule has 12 heteroatoms. The minimum atomic E-state index is -1.43. The monoisotopic (exact) mass is 573 g/mol. The second-order valence-electron chi connectivity index (χ2n) is 7.94. The molecule has 1 aliphatic rings. The molecule has 6 nitrogen and oxygen atoms in total. The highest BCUT2D eigenvalue weighted by Crippen LogP contribution is 2.65. The third-order valence-corrected chi connectivity index (χ3v) is 7.12. The number of benzene rings is 3. The van der Waals surface area contributed by atoms with Crippen LogP contribution in [0.2, 0.25) is 10.0 Å². The summed E-state index contributed by atoms with van der Waals surface area (Å²) >= 11 is 24.8. The quantitative estimate of drug-likeness (QED) is 0.209. The molecule has 0 aromatic heterocycles. The van der Waals surface area contributed by atoms with E-state index < -0.39 is 39.6 Å². The molecule has 36 heavy (non-hydrogen) atoms. The fourth-order valence-corrected chi connectivity index (χ4v) is 5.00. The third kappa shape index (κ3) is 5.38. The van der Waals surface area contributed by atoms with Crippen molar-refractivity contribution in [3.63, 3.8) is 0 Å². The molecule has 3 N–H and O–H groups in total. The summed E-state index contributed by atoms with van der Waals surface area (Å²) in [5.41, 5.74) is 3.72. The van der Waals surface area contributed by atoms with Gasteiger partial charge in [-0.1, -0.05) is 29.3 Å². The van der Waals surface area contributed by atoms with Gasteiger partial charge in [-0.2, -0.15) is 0 Å². The van der Waals surface area contributed by atoms with Gasteiger partial charge in [0.1, 0.15) is 16.0 Å². The lowest BCUT2D eigenvalue weighted by atomic mass is 10.1. The number of carbonyl (C=O) groups is 2. The smallest absolute Gasteiger partial charge is 0.257 e. The SMILES string of the molecule is CONc1cc(F)ccc1NC(=O)c1cc(NC(=O)C2[C@H](c3ccc(F)c(Cl)c3)C2(Cl)Cl)ccc1Cl. The lowest BCUT2D eigenvalue weighted by Crippen LogP contribution is -2.18. The fraction of sp³-hybridized carbons (Fsp3) is 0.167. The van der Waals surface area contributed by atoms with Gasteiger partial charge in [0.15, 0.2) is 0 Å². The van der Waals surface area contributed by atoms with Gasteiger partial charge in [-0.05, 0) is 48.0 Å². The third-order valence-electron chi connectivity index (χ3n) is 5.56. The number of carbonyl (C=O) groups excluding carboxylic acids is 2. The first kappa shape index (κ1) is 26.4. The molecular formula is C24H17Cl4F2N3O3. The largest absolute Gasteiger partial charge is 0.326 e. The molecule has 3 aromatic rings. The van der Waals surface area contributed by atoms with Crippen molar-refractivity contribution in [2.75, 3.05) is 23.2 Å². The Morgan fingerprint density at radius 2 is 1.67 bits per heavy atom. The van der Waals surface area contributed by atoms with E-state index in [-0.39, 0.29) is 32.7 Å². The zero-order chi connectivity index (χ0) is 26.2. The van der Waals surface area contributed by atoms with Crippen LogP contribution in [-0.2, 0) is 9.63 Å².